The van der Waals surface area contributed by atoms with Crippen LogP contribution in [0.3, 0.4) is 0 Å². The van der Waals surface area contributed by atoms with E-state index < -0.39 is 0 Å². The van der Waals surface area contributed by atoms with E-state index in [1.54, 1.807) is 5.56 Å². The summed E-state index contributed by atoms with van der Waals surface area (Å²) in [6, 6.07) is 7.68. The third-order valence-electron chi connectivity index (χ3n) is 5.30. The van der Waals surface area contributed by atoms with Gasteiger partial charge in [-0.2, -0.15) is 0 Å². The molecule has 21 heavy (non-hydrogen) atoms. The van der Waals surface area contributed by atoms with Gasteiger partial charge in [-0.05, 0) is 56.7 Å². The molecule has 1 fully saturated rings. The predicted octanol–water partition coefficient (Wildman–Crippen LogP) is 3.92. The van der Waals surface area contributed by atoms with Crippen molar-refractivity contribution in [3.8, 4) is 0 Å². The maximum absolute atomic E-state index is 3.77. The minimum atomic E-state index is 0.671. The van der Waals surface area contributed by atoms with Crippen molar-refractivity contribution in [1.29, 1.82) is 0 Å². The van der Waals surface area contributed by atoms with Gasteiger partial charge in [-0.25, -0.2) is 0 Å². The molecule has 0 spiro atoms. The summed E-state index contributed by atoms with van der Waals surface area (Å²) in [7, 11) is 0. The molecular formula is C19H30N2. The fourth-order valence-corrected chi connectivity index (χ4v) is 4.23. The van der Waals surface area contributed by atoms with Gasteiger partial charge < -0.3 is 10.2 Å². The highest BCUT2D eigenvalue weighted by atomic mass is 15.2. The molecule has 116 valence electrons. The summed E-state index contributed by atoms with van der Waals surface area (Å²) in [4.78, 5) is 2.64. The number of hydrogen-bond acceptors (Lipinski definition) is 2. The Bertz CT molecular complexity index is 463. The van der Waals surface area contributed by atoms with Crippen LogP contribution in [0.4, 0.5) is 5.69 Å². The lowest BCUT2D eigenvalue weighted by Crippen LogP contribution is -2.46. The Hall–Kier alpha value is -1.02. The molecule has 2 heteroatoms. The van der Waals surface area contributed by atoms with Crippen molar-refractivity contribution in [3.63, 3.8) is 0 Å². The minimum Gasteiger partial charge on any atom is -0.370 e. The number of hydrogen-bond donors (Lipinski definition) is 1. The number of fused-ring (bicyclic) bond motifs is 1. The molecule has 1 atom stereocenters. The zero-order valence-corrected chi connectivity index (χ0v) is 13.7. The molecule has 0 amide bonds. The van der Waals surface area contributed by atoms with Gasteiger partial charge in [0, 0.05) is 24.8 Å². The van der Waals surface area contributed by atoms with Crippen molar-refractivity contribution >= 4 is 5.69 Å². The van der Waals surface area contributed by atoms with Crippen LogP contribution in [0, 0.1) is 12.8 Å². The van der Waals surface area contributed by atoms with Crippen LogP contribution in [-0.2, 0) is 6.42 Å². The van der Waals surface area contributed by atoms with Crippen LogP contribution in [0.25, 0.3) is 0 Å². The Kier molecular flexibility index (Phi) is 4.84. The molecule has 2 aliphatic rings. The summed E-state index contributed by atoms with van der Waals surface area (Å²) in [6.45, 7) is 7.96. The van der Waals surface area contributed by atoms with Crippen molar-refractivity contribution in [2.75, 3.05) is 24.5 Å². The molecule has 1 unspecified atom stereocenters. The number of nitrogens with zero attached hydrogens (tertiary/aromatic N) is 1. The lowest BCUT2D eigenvalue weighted by atomic mass is 9.94. The van der Waals surface area contributed by atoms with Crippen LogP contribution >= 0.6 is 0 Å². The Morgan fingerprint density at radius 1 is 1.24 bits per heavy atom. The van der Waals surface area contributed by atoms with Crippen molar-refractivity contribution in [3.05, 3.63) is 29.3 Å². The van der Waals surface area contributed by atoms with E-state index in [4.69, 9.17) is 0 Å². The highest BCUT2D eigenvalue weighted by molar-refractivity contribution is 5.56. The summed E-state index contributed by atoms with van der Waals surface area (Å²) < 4.78 is 0. The smallest absolute Gasteiger partial charge is 0.0399 e. The van der Waals surface area contributed by atoms with E-state index in [-0.39, 0.29) is 0 Å². The molecule has 2 nitrogen and oxygen atoms in total. The molecule has 1 aromatic carbocycles. The molecule has 0 aromatic heterocycles. The molecule has 1 aliphatic carbocycles. The van der Waals surface area contributed by atoms with E-state index in [9.17, 15) is 0 Å². The minimum absolute atomic E-state index is 0.671. The number of rotatable bonds is 5. The average Bonchev–Trinajstić information content (AvgIpc) is 3.01. The Balaban J connectivity index is 1.74. The van der Waals surface area contributed by atoms with Gasteiger partial charge >= 0.3 is 0 Å². The second-order valence-corrected chi connectivity index (χ2v) is 6.89. The van der Waals surface area contributed by atoms with E-state index in [0.717, 1.165) is 12.5 Å². The van der Waals surface area contributed by atoms with Crippen LogP contribution in [0.2, 0.25) is 0 Å². The SMILES string of the molecule is CCNC(CN1CCCc2cc(C)ccc21)C1CCCC1. The van der Waals surface area contributed by atoms with Crippen LogP contribution in [-0.4, -0.2) is 25.7 Å². The van der Waals surface area contributed by atoms with Gasteiger partial charge in [-0.3, -0.25) is 0 Å². The fourth-order valence-electron chi connectivity index (χ4n) is 4.23. The zero-order chi connectivity index (χ0) is 14.7. The lowest BCUT2D eigenvalue weighted by Gasteiger charge is -2.36. The summed E-state index contributed by atoms with van der Waals surface area (Å²) in [5.74, 6) is 0.890. The first kappa shape index (κ1) is 14.9. The molecule has 1 N–H and O–H groups in total. The van der Waals surface area contributed by atoms with Crippen LogP contribution in [0.15, 0.2) is 18.2 Å². The van der Waals surface area contributed by atoms with Crippen molar-refractivity contribution in [2.24, 2.45) is 5.92 Å². The van der Waals surface area contributed by atoms with Gasteiger partial charge in [0.25, 0.3) is 0 Å². The Morgan fingerprint density at radius 3 is 2.81 bits per heavy atom. The predicted molar refractivity (Wildman–Crippen MR) is 91.1 cm³/mol. The van der Waals surface area contributed by atoms with Crippen LogP contribution < -0.4 is 10.2 Å². The lowest BCUT2D eigenvalue weighted by molar-refractivity contribution is 0.361. The molecule has 1 aliphatic heterocycles. The first-order valence-corrected chi connectivity index (χ1v) is 8.86. The first-order chi connectivity index (χ1) is 10.3. The molecule has 1 saturated carbocycles. The number of benzene rings is 1. The fraction of sp³-hybridized carbons (Fsp3) is 0.684. The van der Waals surface area contributed by atoms with Gasteiger partial charge in [0.1, 0.15) is 0 Å². The van der Waals surface area contributed by atoms with E-state index in [2.05, 4.69) is 42.3 Å². The molecule has 3 rings (SSSR count). The quantitative estimate of drug-likeness (QED) is 0.882. The van der Waals surface area contributed by atoms with E-state index in [0.29, 0.717) is 6.04 Å². The number of likely N-dealkylation sites (N-methyl/N-ethyl adjacent to an activating group) is 1. The summed E-state index contributed by atoms with van der Waals surface area (Å²) in [5.41, 5.74) is 4.45. The third-order valence-corrected chi connectivity index (χ3v) is 5.30. The molecular weight excluding hydrogens is 256 g/mol. The van der Waals surface area contributed by atoms with Gasteiger partial charge in [0.05, 0.1) is 0 Å². The largest absolute Gasteiger partial charge is 0.370 e. The monoisotopic (exact) mass is 286 g/mol. The maximum atomic E-state index is 3.77. The first-order valence-electron chi connectivity index (χ1n) is 8.86. The third kappa shape index (κ3) is 3.42. The second kappa shape index (κ2) is 6.83. The van der Waals surface area contributed by atoms with E-state index in [1.165, 1.54) is 62.9 Å². The number of aryl methyl sites for hydroxylation is 2. The van der Waals surface area contributed by atoms with E-state index >= 15 is 0 Å². The topological polar surface area (TPSA) is 15.3 Å². The summed E-state index contributed by atoms with van der Waals surface area (Å²) >= 11 is 0. The van der Waals surface area contributed by atoms with Gasteiger partial charge in [0.2, 0.25) is 0 Å². The Labute approximate surface area is 129 Å². The van der Waals surface area contributed by atoms with Crippen molar-refractivity contribution < 1.29 is 0 Å². The van der Waals surface area contributed by atoms with E-state index in [1.807, 2.05) is 0 Å². The highest BCUT2D eigenvalue weighted by Gasteiger charge is 2.27. The standard InChI is InChI=1S/C19H30N2/c1-3-20-18(16-7-4-5-8-16)14-21-12-6-9-17-13-15(2)10-11-19(17)21/h10-11,13,16,18,20H,3-9,12,14H2,1-2H3. The van der Waals surface area contributed by atoms with Gasteiger partial charge in [-0.15, -0.1) is 0 Å². The number of nitrogens with one attached hydrogen (secondary N) is 1. The second-order valence-electron chi connectivity index (χ2n) is 6.89. The molecule has 1 heterocycles. The molecule has 1 aromatic rings. The Morgan fingerprint density at radius 2 is 2.05 bits per heavy atom. The van der Waals surface area contributed by atoms with Gasteiger partial charge in [-0.1, -0.05) is 37.5 Å². The van der Waals surface area contributed by atoms with Crippen molar-refractivity contribution in [2.45, 2.75) is 58.4 Å². The molecule has 0 saturated heterocycles. The normalized spacial score (nSPS) is 20.6. The zero-order valence-electron chi connectivity index (χ0n) is 13.7. The summed E-state index contributed by atoms with van der Waals surface area (Å²) in [5, 5.41) is 3.77. The molecule has 0 radical (unpaired) electrons. The summed E-state index contributed by atoms with van der Waals surface area (Å²) in [6.07, 6.45) is 8.27. The highest BCUT2D eigenvalue weighted by Crippen LogP contribution is 2.32. The van der Waals surface area contributed by atoms with Crippen LogP contribution in [0.5, 0.6) is 0 Å². The van der Waals surface area contributed by atoms with Gasteiger partial charge in [0.15, 0.2) is 0 Å². The number of anilines is 1. The molecule has 0 bridgehead atoms. The maximum Gasteiger partial charge on any atom is 0.0399 e. The van der Waals surface area contributed by atoms with Crippen molar-refractivity contribution in [1.82, 2.24) is 5.32 Å². The average molecular weight is 286 g/mol. The van der Waals surface area contributed by atoms with Crippen LogP contribution in [0.1, 0.15) is 50.2 Å².